The van der Waals surface area contributed by atoms with Crippen LogP contribution in [0.25, 0.3) is 0 Å². The zero-order valence-electron chi connectivity index (χ0n) is 14.4. The highest BCUT2D eigenvalue weighted by Crippen LogP contribution is 2.34. The van der Waals surface area contributed by atoms with Gasteiger partial charge in [-0.05, 0) is 42.8 Å². The first-order chi connectivity index (χ1) is 9.86. The average molecular weight is 292 g/mol. The van der Waals surface area contributed by atoms with Gasteiger partial charge in [0.15, 0.2) is 0 Å². The Morgan fingerprint density at radius 2 is 2.14 bits per heavy atom. The summed E-state index contributed by atoms with van der Waals surface area (Å²) < 4.78 is 5.66. The van der Waals surface area contributed by atoms with E-state index in [4.69, 9.17) is 4.42 Å². The van der Waals surface area contributed by atoms with Gasteiger partial charge in [0, 0.05) is 18.7 Å². The lowest BCUT2D eigenvalue weighted by atomic mass is 9.80. The Morgan fingerprint density at radius 3 is 2.76 bits per heavy atom. The highest BCUT2D eigenvalue weighted by Gasteiger charge is 2.31. The lowest BCUT2D eigenvalue weighted by molar-refractivity contribution is 0.225. The zero-order valence-corrected chi connectivity index (χ0v) is 14.4. The second-order valence-corrected chi connectivity index (χ2v) is 7.98. The minimum atomic E-state index is 0.423. The monoisotopic (exact) mass is 292 g/mol. The molecule has 3 nitrogen and oxygen atoms in total. The molecule has 1 fully saturated rings. The van der Waals surface area contributed by atoms with Crippen molar-refractivity contribution in [2.45, 2.75) is 54.1 Å². The Morgan fingerprint density at radius 1 is 1.38 bits per heavy atom. The number of hydrogen-bond acceptors (Lipinski definition) is 3. The van der Waals surface area contributed by atoms with E-state index in [1.807, 2.05) is 6.26 Å². The van der Waals surface area contributed by atoms with Crippen LogP contribution in [-0.2, 0) is 13.1 Å². The molecule has 21 heavy (non-hydrogen) atoms. The van der Waals surface area contributed by atoms with Gasteiger partial charge in [-0.15, -0.1) is 0 Å². The normalized spacial score (nSPS) is 20.6. The molecule has 1 atom stereocenters. The Balaban J connectivity index is 1.85. The summed E-state index contributed by atoms with van der Waals surface area (Å²) in [5.74, 6) is 2.59. The molecule has 1 aliphatic rings. The molecule has 0 aromatic carbocycles. The van der Waals surface area contributed by atoms with E-state index in [2.05, 4.69) is 50.9 Å². The maximum absolute atomic E-state index is 5.66. The summed E-state index contributed by atoms with van der Waals surface area (Å²) in [4.78, 5) is 2.58. The van der Waals surface area contributed by atoms with Gasteiger partial charge in [-0.3, -0.25) is 4.90 Å². The number of rotatable bonds is 6. The van der Waals surface area contributed by atoms with Crippen molar-refractivity contribution >= 4 is 0 Å². The van der Waals surface area contributed by atoms with Crippen molar-refractivity contribution in [3.05, 3.63) is 23.7 Å². The molecule has 0 aliphatic carbocycles. The van der Waals surface area contributed by atoms with Crippen LogP contribution in [0.4, 0.5) is 0 Å². The van der Waals surface area contributed by atoms with E-state index in [0.717, 1.165) is 31.3 Å². The summed E-state index contributed by atoms with van der Waals surface area (Å²) in [6.45, 7) is 16.9. The first-order valence-electron chi connectivity index (χ1n) is 8.34. The van der Waals surface area contributed by atoms with E-state index in [-0.39, 0.29) is 0 Å². The Labute approximate surface area is 130 Å². The van der Waals surface area contributed by atoms with Gasteiger partial charge in [-0.2, -0.15) is 0 Å². The van der Waals surface area contributed by atoms with Gasteiger partial charge in [0.25, 0.3) is 0 Å². The quantitative estimate of drug-likeness (QED) is 0.862. The molecule has 2 heterocycles. The van der Waals surface area contributed by atoms with Crippen molar-refractivity contribution in [1.82, 2.24) is 10.2 Å². The van der Waals surface area contributed by atoms with E-state index in [1.165, 1.54) is 25.1 Å². The maximum atomic E-state index is 5.66. The van der Waals surface area contributed by atoms with Gasteiger partial charge < -0.3 is 9.73 Å². The molecule has 1 saturated heterocycles. The predicted octanol–water partition coefficient (Wildman–Crippen LogP) is 3.89. The second-order valence-electron chi connectivity index (χ2n) is 7.98. The van der Waals surface area contributed by atoms with E-state index >= 15 is 0 Å². The minimum absolute atomic E-state index is 0.423. The summed E-state index contributed by atoms with van der Waals surface area (Å²) in [5, 5.41) is 3.47. The molecule has 0 saturated carbocycles. The Kier molecular flexibility index (Phi) is 5.50. The predicted molar refractivity (Wildman–Crippen MR) is 88.1 cm³/mol. The minimum Gasteiger partial charge on any atom is -0.468 e. The average Bonchev–Trinajstić information content (AvgIpc) is 2.99. The Hall–Kier alpha value is -0.800. The fourth-order valence-electron chi connectivity index (χ4n) is 3.06. The first kappa shape index (κ1) is 16.6. The largest absolute Gasteiger partial charge is 0.468 e. The Bertz CT molecular complexity index is 431. The number of hydrogen-bond donors (Lipinski definition) is 1. The molecule has 0 radical (unpaired) electrons. The molecule has 0 bridgehead atoms. The van der Waals surface area contributed by atoms with Crippen molar-refractivity contribution in [1.29, 1.82) is 0 Å². The molecule has 1 N–H and O–H groups in total. The first-order valence-corrected chi connectivity index (χ1v) is 8.34. The van der Waals surface area contributed by atoms with Crippen LogP contribution in [0, 0.1) is 17.3 Å². The number of furan rings is 1. The molecule has 1 aliphatic heterocycles. The van der Waals surface area contributed by atoms with E-state index in [1.54, 1.807) is 0 Å². The summed E-state index contributed by atoms with van der Waals surface area (Å²) in [5.41, 5.74) is 1.77. The lowest BCUT2D eigenvalue weighted by Crippen LogP contribution is -2.26. The van der Waals surface area contributed by atoms with Crippen LogP contribution in [0.15, 0.2) is 16.7 Å². The van der Waals surface area contributed by atoms with Crippen LogP contribution < -0.4 is 5.32 Å². The third-order valence-electron chi connectivity index (χ3n) is 4.57. The topological polar surface area (TPSA) is 28.4 Å². The molecule has 1 aromatic rings. The van der Waals surface area contributed by atoms with Gasteiger partial charge in [-0.25, -0.2) is 0 Å². The van der Waals surface area contributed by atoms with Gasteiger partial charge in [0.1, 0.15) is 5.76 Å². The highest BCUT2D eigenvalue weighted by atomic mass is 16.3. The standard InChI is InChI=1S/C18H32N2O/c1-14(2)10-19-11-17-15(7-9-21-17)12-20-8-6-16(13-20)18(3,4)5/h7,9,14,16,19H,6,8,10-13H2,1-5H3. The van der Waals surface area contributed by atoms with Crippen LogP contribution in [0.2, 0.25) is 0 Å². The fraction of sp³-hybridized carbons (Fsp3) is 0.778. The van der Waals surface area contributed by atoms with Crippen LogP contribution in [0.5, 0.6) is 0 Å². The van der Waals surface area contributed by atoms with Gasteiger partial charge in [0.2, 0.25) is 0 Å². The third kappa shape index (κ3) is 4.86. The molecule has 2 rings (SSSR count). The molecular weight excluding hydrogens is 260 g/mol. The highest BCUT2D eigenvalue weighted by molar-refractivity contribution is 5.17. The number of nitrogens with one attached hydrogen (secondary N) is 1. The SMILES string of the molecule is CC(C)CNCc1occc1CN1CCC(C(C)(C)C)C1. The molecule has 0 amide bonds. The summed E-state index contributed by atoms with van der Waals surface area (Å²) >= 11 is 0. The maximum Gasteiger partial charge on any atom is 0.122 e. The second kappa shape index (κ2) is 6.97. The molecular formula is C18H32N2O. The number of nitrogens with zero attached hydrogens (tertiary/aromatic N) is 1. The van der Waals surface area contributed by atoms with E-state index in [0.29, 0.717) is 11.3 Å². The van der Waals surface area contributed by atoms with Gasteiger partial charge in [-0.1, -0.05) is 34.6 Å². The van der Waals surface area contributed by atoms with Gasteiger partial charge >= 0.3 is 0 Å². The van der Waals surface area contributed by atoms with Crippen molar-refractivity contribution < 1.29 is 4.42 Å². The van der Waals surface area contributed by atoms with Crippen molar-refractivity contribution in [3.8, 4) is 0 Å². The van der Waals surface area contributed by atoms with Crippen LogP contribution in [-0.4, -0.2) is 24.5 Å². The van der Waals surface area contributed by atoms with Crippen molar-refractivity contribution in [2.24, 2.45) is 17.3 Å². The number of likely N-dealkylation sites (tertiary alicyclic amines) is 1. The fourth-order valence-corrected chi connectivity index (χ4v) is 3.06. The molecule has 3 heteroatoms. The van der Waals surface area contributed by atoms with Gasteiger partial charge in [0.05, 0.1) is 12.8 Å². The molecule has 0 spiro atoms. The molecule has 120 valence electrons. The summed E-state index contributed by atoms with van der Waals surface area (Å²) in [6, 6.07) is 2.14. The van der Waals surface area contributed by atoms with E-state index in [9.17, 15) is 0 Å². The summed E-state index contributed by atoms with van der Waals surface area (Å²) in [7, 11) is 0. The molecule has 1 aromatic heterocycles. The van der Waals surface area contributed by atoms with Crippen molar-refractivity contribution in [3.63, 3.8) is 0 Å². The van der Waals surface area contributed by atoms with Crippen LogP contribution in [0.1, 0.15) is 52.4 Å². The van der Waals surface area contributed by atoms with Crippen LogP contribution in [0.3, 0.4) is 0 Å². The zero-order chi connectivity index (χ0) is 15.5. The third-order valence-corrected chi connectivity index (χ3v) is 4.57. The smallest absolute Gasteiger partial charge is 0.122 e. The summed E-state index contributed by atoms with van der Waals surface area (Å²) in [6.07, 6.45) is 3.15. The van der Waals surface area contributed by atoms with E-state index < -0.39 is 0 Å². The van der Waals surface area contributed by atoms with Crippen molar-refractivity contribution in [2.75, 3.05) is 19.6 Å². The lowest BCUT2D eigenvalue weighted by Gasteiger charge is -2.27. The molecule has 1 unspecified atom stereocenters. The van der Waals surface area contributed by atoms with Crippen LogP contribution >= 0.6 is 0 Å².